The SMILES string of the molecule is CCCCCCCCCCCCCCCCCCOCC(CC(COP(=O)(O)O)[N+](C)(C)C)OCCO. The molecule has 2 unspecified atom stereocenters. The van der Waals surface area contributed by atoms with Crippen molar-refractivity contribution in [3.63, 3.8) is 0 Å². The number of quaternary nitrogens is 1. The molecule has 0 aromatic rings. The molecule has 0 fully saturated rings. The van der Waals surface area contributed by atoms with Crippen molar-refractivity contribution < 1.29 is 37.9 Å². The molecule has 0 aromatic heterocycles. The number of aliphatic hydroxyl groups is 1. The van der Waals surface area contributed by atoms with Crippen LogP contribution in [0.4, 0.5) is 0 Å². The highest BCUT2D eigenvalue weighted by Gasteiger charge is 2.31. The zero-order valence-electron chi connectivity index (χ0n) is 24.6. The lowest BCUT2D eigenvalue weighted by Gasteiger charge is -2.36. The van der Waals surface area contributed by atoms with Gasteiger partial charge in [-0.05, 0) is 6.42 Å². The summed E-state index contributed by atoms with van der Waals surface area (Å²) in [6.07, 6.45) is 21.6. The number of phosphoric ester groups is 1. The number of aliphatic hydroxyl groups excluding tert-OH is 1. The molecule has 0 radical (unpaired) electrons. The maximum Gasteiger partial charge on any atom is 0.469 e. The van der Waals surface area contributed by atoms with Crippen molar-refractivity contribution in [3.8, 4) is 0 Å². The first kappa shape index (κ1) is 37.0. The van der Waals surface area contributed by atoms with Crippen molar-refractivity contribution in [1.29, 1.82) is 0 Å². The Morgan fingerprint density at radius 3 is 1.57 bits per heavy atom. The third kappa shape index (κ3) is 26.0. The van der Waals surface area contributed by atoms with E-state index >= 15 is 0 Å². The molecule has 0 bridgehead atoms. The molecular formula is C28H61NO7P+. The number of ether oxygens (including phenoxy) is 2. The van der Waals surface area contributed by atoms with E-state index in [2.05, 4.69) is 6.92 Å². The first-order valence-electron chi connectivity index (χ1n) is 14.9. The second kappa shape index (κ2) is 23.8. The molecule has 37 heavy (non-hydrogen) atoms. The van der Waals surface area contributed by atoms with Gasteiger partial charge in [0.05, 0.1) is 47.1 Å². The van der Waals surface area contributed by atoms with Crippen LogP contribution in [0.15, 0.2) is 0 Å². The first-order chi connectivity index (χ1) is 17.6. The third-order valence-electron chi connectivity index (χ3n) is 6.96. The number of phosphoric acid groups is 1. The number of likely N-dealkylation sites (N-methyl/N-ethyl adjacent to an activating group) is 1. The fraction of sp³-hybridized carbons (Fsp3) is 1.00. The topological polar surface area (TPSA) is 105 Å². The van der Waals surface area contributed by atoms with Gasteiger partial charge in [-0.3, -0.25) is 4.52 Å². The number of rotatable bonds is 28. The van der Waals surface area contributed by atoms with Crippen molar-refractivity contribution in [2.75, 3.05) is 54.2 Å². The zero-order chi connectivity index (χ0) is 27.8. The zero-order valence-corrected chi connectivity index (χ0v) is 25.5. The van der Waals surface area contributed by atoms with Crippen molar-refractivity contribution in [2.45, 2.75) is 128 Å². The Bertz CT molecular complexity index is 539. The average Bonchev–Trinajstić information content (AvgIpc) is 2.82. The van der Waals surface area contributed by atoms with E-state index in [-0.39, 0.29) is 32.0 Å². The number of hydrogen-bond donors (Lipinski definition) is 3. The lowest BCUT2D eigenvalue weighted by molar-refractivity contribution is -0.897. The molecule has 0 heterocycles. The summed E-state index contributed by atoms with van der Waals surface area (Å²) in [4.78, 5) is 18.1. The Morgan fingerprint density at radius 1 is 0.703 bits per heavy atom. The quantitative estimate of drug-likeness (QED) is 0.0599. The predicted octanol–water partition coefficient (Wildman–Crippen LogP) is 6.22. The summed E-state index contributed by atoms with van der Waals surface area (Å²) in [5, 5.41) is 9.15. The van der Waals surface area contributed by atoms with Gasteiger partial charge < -0.3 is 28.9 Å². The molecule has 0 saturated heterocycles. The monoisotopic (exact) mass is 554 g/mol. The van der Waals surface area contributed by atoms with Gasteiger partial charge in [0.1, 0.15) is 12.6 Å². The van der Waals surface area contributed by atoms with Crippen LogP contribution < -0.4 is 0 Å². The van der Waals surface area contributed by atoms with Gasteiger partial charge in [0.2, 0.25) is 0 Å². The first-order valence-corrected chi connectivity index (χ1v) is 16.4. The Morgan fingerprint density at radius 2 is 1.16 bits per heavy atom. The second-order valence-electron chi connectivity index (χ2n) is 11.4. The van der Waals surface area contributed by atoms with Crippen LogP contribution in [0.5, 0.6) is 0 Å². The van der Waals surface area contributed by atoms with E-state index in [1.165, 1.54) is 89.9 Å². The van der Waals surface area contributed by atoms with Crippen molar-refractivity contribution >= 4 is 7.82 Å². The molecule has 0 spiro atoms. The number of hydrogen-bond acceptors (Lipinski definition) is 5. The highest BCUT2D eigenvalue weighted by atomic mass is 31.2. The molecule has 2 atom stereocenters. The van der Waals surface area contributed by atoms with Crippen LogP contribution in [0, 0.1) is 0 Å². The van der Waals surface area contributed by atoms with E-state index in [1.54, 1.807) is 0 Å². The largest absolute Gasteiger partial charge is 0.469 e. The fourth-order valence-corrected chi connectivity index (χ4v) is 4.83. The van der Waals surface area contributed by atoms with Crippen LogP contribution in [0.25, 0.3) is 0 Å². The molecule has 9 heteroatoms. The second-order valence-corrected chi connectivity index (χ2v) is 12.6. The lowest BCUT2D eigenvalue weighted by Crippen LogP contribution is -2.50. The summed E-state index contributed by atoms with van der Waals surface area (Å²) < 4.78 is 28.0. The molecule has 0 rings (SSSR count). The summed E-state index contributed by atoms with van der Waals surface area (Å²) in [6, 6.07) is -0.185. The molecule has 8 nitrogen and oxygen atoms in total. The van der Waals surface area contributed by atoms with Gasteiger partial charge >= 0.3 is 7.82 Å². The minimum absolute atomic E-state index is 0.0775. The summed E-state index contributed by atoms with van der Waals surface area (Å²) in [5.74, 6) is 0. The van der Waals surface area contributed by atoms with Gasteiger partial charge in [-0.25, -0.2) is 4.57 Å². The number of nitrogens with zero attached hydrogens (tertiary/aromatic N) is 1. The van der Waals surface area contributed by atoms with E-state index in [9.17, 15) is 4.57 Å². The lowest BCUT2D eigenvalue weighted by atomic mass is 10.0. The van der Waals surface area contributed by atoms with Gasteiger partial charge in [0, 0.05) is 13.0 Å². The summed E-state index contributed by atoms with van der Waals surface area (Å²) >= 11 is 0. The average molecular weight is 555 g/mol. The Balaban J connectivity index is 3.86. The Labute approximate surface area is 228 Å². The predicted molar refractivity (Wildman–Crippen MR) is 152 cm³/mol. The van der Waals surface area contributed by atoms with Gasteiger partial charge in [-0.15, -0.1) is 0 Å². The molecule has 0 aliphatic heterocycles. The van der Waals surface area contributed by atoms with Gasteiger partial charge in [0.15, 0.2) is 0 Å². The van der Waals surface area contributed by atoms with E-state index in [0.717, 1.165) is 12.8 Å². The van der Waals surface area contributed by atoms with E-state index in [0.29, 0.717) is 24.1 Å². The highest BCUT2D eigenvalue weighted by Crippen LogP contribution is 2.36. The highest BCUT2D eigenvalue weighted by molar-refractivity contribution is 7.46. The van der Waals surface area contributed by atoms with E-state index in [1.807, 2.05) is 21.1 Å². The summed E-state index contributed by atoms with van der Waals surface area (Å²) in [7, 11) is 1.33. The molecule has 0 aliphatic carbocycles. The van der Waals surface area contributed by atoms with Crippen LogP contribution in [0.2, 0.25) is 0 Å². The molecule has 224 valence electrons. The van der Waals surface area contributed by atoms with Crippen molar-refractivity contribution in [3.05, 3.63) is 0 Å². The van der Waals surface area contributed by atoms with Crippen LogP contribution in [0.3, 0.4) is 0 Å². The van der Waals surface area contributed by atoms with Crippen LogP contribution in [0.1, 0.15) is 116 Å². The Hall–Kier alpha value is -0.0500. The third-order valence-corrected chi connectivity index (χ3v) is 7.44. The summed E-state index contributed by atoms with van der Waals surface area (Å²) in [5.41, 5.74) is 0. The van der Waals surface area contributed by atoms with Crippen LogP contribution in [-0.2, 0) is 18.6 Å². The minimum atomic E-state index is -4.53. The van der Waals surface area contributed by atoms with Crippen LogP contribution in [-0.4, -0.2) is 85.7 Å². The fourth-order valence-electron chi connectivity index (χ4n) is 4.47. The normalized spacial score (nSPS) is 14.2. The molecule has 0 aliphatic rings. The summed E-state index contributed by atoms with van der Waals surface area (Å²) in [6.45, 7) is 3.39. The standard InChI is InChI=1S/C28H60NO7P/c1-5-6-7-8-9-10-11-12-13-14-15-16-17-18-19-20-22-34-26-28(35-23-21-30)24-27(29(2,3)4)25-36-37(31,32)33/h27-28,30H,5-26H2,1-4H3,(H-,31,32,33)/p+1. The van der Waals surface area contributed by atoms with Crippen molar-refractivity contribution in [1.82, 2.24) is 0 Å². The molecule has 3 N–H and O–H groups in total. The van der Waals surface area contributed by atoms with Crippen LogP contribution >= 0.6 is 7.82 Å². The molecule has 0 amide bonds. The van der Waals surface area contributed by atoms with Crippen molar-refractivity contribution in [2.24, 2.45) is 0 Å². The Kier molecular flexibility index (Phi) is 23.8. The maximum absolute atomic E-state index is 11.2. The van der Waals surface area contributed by atoms with E-state index < -0.39 is 7.82 Å². The van der Waals surface area contributed by atoms with Gasteiger partial charge in [-0.1, -0.05) is 103 Å². The minimum Gasteiger partial charge on any atom is -0.394 e. The maximum atomic E-state index is 11.2. The molecule has 0 saturated carbocycles. The molecular weight excluding hydrogens is 493 g/mol. The van der Waals surface area contributed by atoms with Gasteiger partial charge in [-0.2, -0.15) is 0 Å². The smallest absolute Gasteiger partial charge is 0.394 e. The van der Waals surface area contributed by atoms with Gasteiger partial charge in [0.25, 0.3) is 0 Å². The van der Waals surface area contributed by atoms with E-state index in [4.69, 9.17) is 28.9 Å². The molecule has 0 aromatic carbocycles. The number of unbranched alkanes of at least 4 members (excludes halogenated alkanes) is 15.